The quantitative estimate of drug-likeness (QED) is 0.181. The highest BCUT2D eigenvalue weighted by molar-refractivity contribution is 7.26. The molecule has 0 aliphatic rings. The average Bonchev–Trinajstić information content (AvgIpc) is 3.86. The highest BCUT2D eigenvalue weighted by atomic mass is 32.1. The van der Waals surface area contributed by atoms with E-state index in [4.69, 9.17) is 0 Å². The summed E-state index contributed by atoms with van der Waals surface area (Å²) < 4.78 is 7.68. The molecule has 11 rings (SSSR count). The van der Waals surface area contributed by atoms with E-state index < -0.39 is 0 Å². The van der Waals surface area contributed by atoms with Gasteiger partial charge in [-0.2, -0.15) is 0 Å². The first-order valence-corrected chi connectivity index (χ1v) is 18.6. The van der Waals surface area contributed by atoms with E-state index in [1.807, 2.05) is 22.7 Å². The van der Waals surface area contributed by atoms with Crippen LogP contribution in [-0.2, 0) is 0 Å². The zero-order valence-corrected chi connectivity index (χ0v) is 28.5. The zero-order chi connectivity index (χ0) is 32.8. The molecule has 0 amide bonds. The van der Waals surface area contributed by atoms with Crippen LogP contribution in [0.3, 0.4) is 0 Å². The molecule has 0 radical (unpaired) electrons. The third kappa shape index (κ3) is 4.01. The summed E-state index contributed by atoms with van der Waals surface area (Å²) in [7, 11) is 0. The molecule has 0 N–H and O–H groups in total. The molecule has 11 aromatic rings. The Labute approximate surface area is 296 Å². The Hall–Kier alpha value is -5.94. The van der Waals surface area contributed by atoms with Crippen LogP contribution in [0.4, 0.5) is 17.1 Å². The second-order valence-corrected chi connectivity index (χ2v) is 15.0. The van der Waals surface area contributed by atoms with Gasteiger partial charge >= 0.3 is 0 Å². The molecule has 2 nitrogen and oxygen atoms in total. The maximum atomic E-state index is 2.52. The number of thiophene rings is 2. The van der Waals surface area contributed by atoms with Gasteiger partial charge in [0.15, 0.2) is 0 Å². The lowest BCUT2D eigenvalue weighted by atomic mass is 10.0. The van der Waals surface area contributed by atoms with Crippen LogP contribution >= 0.6 is 22.7 Å². The fraction of sp³-hybridized carbons (Fsp3) is 0. The number of hydrogen-bond acceptors (Lipinski definition) is 3. The fourth-order valence-electron chi connectivity index (χ4n) is 8.01. The number of aromatic nitrogens is 1. The number of para-hydroxylation sites is 3. The van der Waals surface area contributed by atoms with Crippen molar-refractivity contribution in [3.8, 4) is 5.69 Å². The standard InChI is InChI=1S/C46H28N2S2/c1-2-12-30(13-3-1)48-38-19-7-4-14-32(38)34-17-10-20-39(45(34)48)47(40-21-11-18-35-33-15-5-8-22-41(33)50-46(35)40)31-26-24-29-25-27-43-44(37(29)28-31)36-16-6-9-23-42(36)49-43/h1-28H. The third-order valence-electron chi connectivity index (χ3n) is 10.2. The number of nitrogens with zero attached hydrogens (tertiary/aromatic N) is 2. The minimum absolute atomic E-state index is 1.14. The first-order chi connectivity index (χ1) is 24.8. The van der Waals surface area contributed by atoms with Crippen LogP contribution in [0.1, 0.15) is 0 Å². The van der Waals surface area contributed by atoms with Crippen LogP contribution in [0.2, 0.25) is 0 Å². The lowest BCUT2D eigenvalue weighted by molar-refractivity contribution is 1.17. The van der Waals surface area contributed by atoms with Gasteiger partial charge in [0, 0.05) is 57.8 Å². The van der Waals surface area contributed by atoms with Gasteiger partial charge < -0.3 is 9.47 Å². The van der Waals surface area contributed by atoms with E-state index in [0.29, 0.717) is 0 Å². The topological polar surface area (TPSA) is 8.17 Å². The smallest absolute Gasteiger partial charge is 0.0782 e. The summed E-state index contributed by atoms with van der Waals surface area (Å²) in [5.74, 6) is 0. The zero-order valence-electron chi connectivity index (χ0n) is 26.9. The van der Waals surface area contributed by atoms with Crippen molar-refractivity contribution in [3.05, 3.63) is 170 Å². The van der Waals surface area contributed by atoms with Crippen molar-refractivity contribution in [2.45, 2.75) is 0 Å². The Morgan fingerprint density at radius 1 is 0.420 bits per heavy atom. The summed E-state index contributed by atoms with van der Waals surface area (Å²) in [6.45, 7) is 0. The fourth-order valence-corrected chi connectivity index (χ4v) is 10.3. The van der Waals surface area contributed by atoms with Gasteiger partial charge in [-0.3, -0.25) is 0 Å². The molecule has 0 aliphatic heterocycles. The minimum Gasteiger partial charge on any atom is -0.307 e. The molecule has 0 spiro atoms. The Kier molecular flexibility index (Phi) is 6.03. The molecule has 0 bridgehead atoms. The first-order valence-electron chi connectivity index (χ1n) is 16.9. The summed E-state index contributed by atoms with van der Waals surface area (Å²) in [6.07, 6.45) is 0. The first kappa shape index (κ1) is 28.0. The van der Waals surface area contributed by atoms with E-state index >= 15 is 0 Å². The van der Waals surface area contributed by atoms with E-state index in [2.05, 4.69) is 179 Å². The SMILES string of the molecule is c1ccc(-n2c3ccccc3c3cccc(N(c4ccc5ccc6sc7ccccc7c6c5c4)c4cccc5c4sc4ccccc45)c32)cc1. The summed E-state index contributed by atoms with van der Waals surface area (Å²) in [6, 6.07) is 62.4. The summed E-state index contributed by atoms with van der Waals surface area (Å²) >= 11 is 3.76. The molecule has 0 atom stereocenters. The minimum atomic E-state index is 1.14. The lowest BCUT2D eigenvalue weighted by Crippen LogP contribution is -2.12. The van der Waals surface area contributed by atoms with Crippen LogP contribution in [0.5, 0.6) is 0 Å². The molecular formula is C46H28N2S2. The molecule has 3 aromatic heterocycles. The maximum Gasteiger partial charge on any atom is 0.0782 e. The van der Waals surface area contributed by atoms with Crippen molar-refractivity contribution >= 4 is 113 Å². The van der Waals surface area contributed by atoms with E-state index in [0.717, 1.165) is 17.1 Å². The Morgan fingerprint density at radius 2 is 1.08 bits per heavy atom. The predicted molar refractivity (Wildman–Crippen MR) is 219 cm³/mol. The largest absolute Gasteiger partial charge is 0.307 e. The molecule has 0 aliphatic carbocycles. The van der Waals surface area contributed by atoms with E-state index in [9.17, 15) is 0 Å². The van der Waals surface area contributed by atoms with E-state index in [-0.39, 0.29) is 0 Å². The van der Waals surface area contributed by atoms with Gasteiger partial charge in [-0.1, -0.05) is 109 Å². The monoisotopic (exact) mass is 672 g/mol. The molecule has 0 saturated heterocycles. The van der Waals surface area contributed by atoms with Crippen LogP contribution < -0.4 is 4.90 Å². The van der Waals surface area contributed by atoms with Crippen molar-refractivity contribution in [1.82, 2.24) is 4.57 Å². The Balaban J connectivity index is 1.29. The molecular weight excluding hydrogens is 645 g/mol. The van der Waals surface area contributed by atoms with Gasteiger partial charge in [0.25, 0.3) is 0 Å². The highest BCUT2D eigenvalue weighted by Gasteiger charge is 2.24. The number of hydrogen-bond donors (Lipinski definition) is 0. The van der Waals surface area contributed by atoms with Gasteiger partial charge in [0.05, 0.1) is 27.1 Å². The van der Waals surface area contributed by atoms with Gasteiger partial charge in [-0.15, -0.1) is 22.7 Å². The number of fused-ring (bicyclic) bond motifs is 11. The van der Waals surface area contributed by atoms with Crippen LogP contribution in [0.15, 0.2) is 170 Å². The average molecular weight is 673 g/mol. The summed E-state index contributed by atoms with van der Waals surface area (Å²) in [4.78, 5) is 2.52. The second-order valence-electron chi connectivity index (χ2n) is 12.9. The molecule has 4 heteroatoms. The van der Waals surface area contributed by atoms with E-state index in [1.165, 1.54) is 78.6 Å². The van der Waals surface area contributed by atoms with Gasteiger partial charge in [0.1, 0.15) is 0 Å². The Bertz CT molecular complexity index is 3110. The van der Waals surface area contributed by atoms with Crippen molar-refractivity contribution in [1.29, 1.82) is 0 Å². The van der Waals surface area contributed by atoms with Crippen molar-refractivity contribution < 1.29 is 0 Å². The summed E-state index contributed by atoms with van der Waals surface area (Å²) in [5.41, 5.74) is 7.01. The number of benzene rings is 8. The molecule has 0 saturated carbocycles. The van der Waals surface area contributed by atoms with Crippen molar-refractivity contribution in [3.63, 3.8) is 0 Å². The second kappa shape index (κ2) is 10.8. The molecule has 50 heavy (non-hydrogen) atoms. The van der Waals surface area contributed by atoms with Crippen LogP contribution in [0, 0.1) is 0 Å². The summed E-state index contributed by atoms with van der Waals surface area (Å²) in [5, 5.41) is 10.3. The highest BCUT2D eigenvalue weighted by Crippen LogP contribution is 2.49. The van der Waals surface area contributed by atoms with Gasteiger partial charge in [0.2, 0.25) is 0 Å². The molecule has 0 fully saturated rings. The van der Waals surface area contributed by atoms with Gasteiger partial charge in [-0.05, 0) is 71.4 Å². The number of anilines is 3. The lowest BCUT2D eigenvalue weighted by Gasteiger charge is -2.28. The number of rotatable bonds is 4. The third-order valence-corrected chi connectivity index (χ3v) is 12.5. The predicted octanol–water partition coefficient (Wildman–Crippen LogP) is 14.1. The van der Waals surface area contributed by atoms with Crippen LogP contribution in [0.25, 0.3) is 78.6 Å². The van der Waals surface area contributed by atoms with Gasteiger partial charge in [-0.25, -0.2) is 0 Å². The van der Waals surface area contributed by atoms with Crippen LogP contribution in [-0.4, -0.2) is 4.57 Å². The molecule has 0 unspecified atom stereocenters. The maximum absolute atomic E-state index is 2.52. The molecule has 3 heterocycles. The van der Waals surface area contributed by atoms with E-state index in [1.54, 1.807) is 0 Å². The van der Waals surface area contributed by atoms with Crippen molar-refractivity contribution in [2.24, 2.45) is 0 Å². The Morgan fingerprint density at radius 3 is 1.94 bits per heavy atom. The molecule has 8 aromatic carbocycles. The van der Waals surface area contributed by atoms with Crippen molar-refractivity contribution in [2.75, 3.05) is 4.90 Å². The normalized spacial score (nSPS) is 12.0. The molecule has 234 valence electrons.